The average molecular weight is 229 g/mol. The molecule has 5 rings (SSSR count). The highest BCUT2D eigenvalue weighted by molar-refractivity contribution is 6.06. The number of imide groups is 1. The predicted molar refractivity (Wildman–Crippen MR) is 61.6 cm³/mol. The molecule has 0 aromatic carbocycles. The van der Waals surface area contributed by atoms with E-state index in [9.17, 15) is 9.59 Å². The summed E-state index contributed by atoms with van der Waals surface area (Å²) in [4.78, 5) is 26.1. The molecule has 3 fully saturated rings. The molecule has 1 heterocycles. The zero-order chi connectivity index (χ0) is 11.7. The highest BCUT2D eigenvalue weighted by Gasteiger charge is 2.66. The highest BCUT2D eigenvalue weighted by atomic mass is 16.2. The molecule has 3 nitrogen and oxygen atoms in total. The molecule has 3 heteroatoms. The molecule has 0 radical (unpaired) electrons. The minimum atomic E-state index is -0.0544. The van der Waals surface area contributed by atoms with E-state index in [0.717, 1.165) is 0 Å². The monoisotopic (exact) mass is 229 g/mol. The molecule has 2 bridgehead atoms. The first-order valence-electron chi connectivity index (χ1n) is 6.38. The first-order chi connectivity index (χ1) is 8.24. The molecule has 6 atom stereocenters. The lowest BCUT2D eigenvalue weighted by Crippen LogP contribution is -2.40. The fourth-order valence-electron chi connectivity index (χ4n) is 4.33. The van der Waals surface area contributed by atoms with E-state index >= 15 is 0 Å². The largest absolute Gasteiger partial charge is 0.278 e. The van der Waals surface area contributed by atoms with Gasteiger partial charge in [0.25, 0.3) is 0 Å². The van der Waals surface area contributed by atoms with E-state index in [1.54, 1.807) is 6.08 Å². The molecule has 0 aromatic heterocycles. The van der Waals surface area contributed by atoms with Gasteiger partial charge in [-0.25, -0.2) is 0 Å². The van der Waals surface area contributed by atoms with Gasteiger partial charge in [0, 0.05) is 6.54 Å². The molecule has 88 valence electrons. The number of allylic oxidation sites excluding steroid dienone is 2. The van der Waals surface area contributed by atoms with Crippen molar-refractivity contribution in [3.8, 4) is 0 Å². The zero-order valence-corrected chi connectivity index (χ0v) is 9.58. The Morgan fingerprint density at radius 3 is 2.18 bits per heavy atom. The van der Waals surface area contributed by atoms with E-state index in [1.807, 2.05) is 0 Å². The minimum Gasteiger partial charge on any atom is -0.278 e. The summed E-state index contributed by atoms with van der Waals surface area (Å²) in [5.74, 6) is 2.03. The van der Waals surface area contributed by atoms with Crippen molar-refractivity contribution >= 4 is 11.8 Å². The van der Waals surface area contributed by atoms with E-state index < -0.39 is 0 Å². The maximum Gasteiger partial charge on any atom is 0.234 e. The van der Waals surface area contributed by atoms with Gasteiger partial charge in [-0.3, -0.25) is 14.5 Å². The van der Waals surface area contributed by atoms with E-state index in [1.165, 1.54) is 11.3 Å². The van der Waals surface area contributed by atoms with Crippen LogP contribution >= 0.6 is 0 Å². The van der Waals surface area contributed by atoms with Crippen molar-refractivity contribution in [1.29, 1.82) is 0 Å². The van der Waals surface area contributed by atoms with Gasteiger partial charge < -0.3 is 0 Å². The van der Waals surface area contributed by atoms with Crippen molar-refractivity contribution < 1.29 is 9.59 Å². The molecule has 6 unspecified atom stereocenters. The Labute approximate surface area is 100 Å². The second kappa shape index (κ2) is 2.89. The van der Waals surface area contributed by atoms with E-state index in [4.69, 9.17) is 0 Å². The smallest absolute Gasteiger partial charge is 0.234 e. The Bertz CT molecular complexity index is 431. The number of carbonyl (C=O) groups excluding carboxylic acids is 2. The summed E-state index contributed by atoms with van der Waals surface area (Å²) in [6, 6.07) is 0. The standard InChI is InChI=1S/C14H15NO2/c1-2-5-15-13(16)11-7-3-4-8(10-6-9(7)10)12(11)14(15)17/h2-4,7-12H,1,5-6H2. The Morgan fingerprint density at radius 2 is 1.71 bits per heavy atom. The average Bonchev–Trinajstić information content (AvgIpc) is 3.11. The van der Waals surface area contributed by atoms with Crippen LogP contribution in [0.15, 0.2) is 24.8 Å². The number of carbonyl (C=O) groups is 2. The second-order valence-corrected chi connectivity index (χ2v) is 5.73. The Morgan fingerprint density at radius 1 is 1.18 bits per heavy atom. The summed E-state index contributed by atoms with van der Waals surface area (Å²) < 4.78 is 0. The molecule has 2 amide bonds. The molecule has 4 aliphatic carbocycles. The van der Waals surface area contributed by atoms with Crippen LogP contribution in [0.25, 0.3) is 0 Å². The molecule has 17 heavy (non-hydrogen) atoms. The van der Waals surface area contributed by atoms with Gasteiger partial charge in [-0.15, -0.1) is 6.58 Å². The van der Waals surface area contributed by atoms with Crippen LogP contribution in [0.1, 0.15) is 6.42 Å². The van der Waals surface area contributed by atoms with Gasteiger partial charge in [0.1, 0.15) is 0 Å². The van der Waals surface area contributed by atoms with Crippen LogP contribution in [0.3, 0.4) is 0 Å². The lowest BCUT2D eigenvalue weighted by Gasteiger charge is -2.37. The maximum absolute atomic E-state index is 12.3. The molecule has 1 saturated heterocycles. The highest BCUT2D eigenvalue weighted by Crippen LogP contribution is 2.65. The van der Waals surface area contributed by atoms with Crippen LogP contribution in [0, 0.1) is 35.5 Å². The molecule has 5 aliphatic rings. The number of likely N-dealkylation sites (tertiary alicyclic amines) is 1. The number of hydrogen-bond acceptors (Lipinski definition) is 2. The quantitative estimate of drug-likeness (QED) is 0.527. The molecule has 0 N–H and O–H groups in total. The summed E-state index contributed by atoms with van der Waals surface area (Å²) in [6.07, 6.45) is 7.26. The van der Waals surface area contributed by atoms with Gasteiger partial charge in [-0.2, -0.15) is 0 Å². The Hall–Kier alpha value is -1.38. The van der Waals surface area contributed by atoms with Crippen molar-refractivity contribution in [3.63, 3.8) is 0 Å². The van der Waals surface area contributed by atoms with Crippen LogP contribution in [-0.4, -0.2) is 23.3 Å². The van der Waals surface area contributed by atoms with Gasteiger partial charge in [0.05, 0.1) is 11.8 Å². The van der Waals surface area contributed by atoms with Gasteiger partial charge in [-0.1, -0.05) is 18.2 Å². The number of nitrogens with zero attached hydrogens (tertiary/aromatic N) is 1. The Kier molecular flexibility index (Phi) is 1.64. The number of rotatable bonds is 2. The lowest BCUT2D eigenvalue weighted by atomic mass is 9.63. The van der Waals surface area contributed by atoms with Crippen molar-refractivity contribution in [2.75, 3.05) is 6.54 Å². The lowest BCUT2D eigenvalue weighted by molar-refractivity contribution is -0.139. The second-order valence-electron chi connectivity index (χ2n) is 5.73. The first kappa shape index (κ1) is 9.63. The van der Waals surface area contributed by atoms with E-state index in [0.29, 0.717) is 30.2 Å². The Balaban J connectivity index is 1.76. The predicted octanol–water partition coefficient (Wildman–Crippen LogP) is 1.23. The third kappa shape index (κ3) is 0.985. The number of hydrogen-bond donors (Lipinski definition) is 0. The summed E-state index contributed by atoms with van der Waals surface area (Å²) in [7, 11) is 0. The van der Waals surface area contributed by atoms with Crippen LogP contribution in [0.2, 0.25) is 0 Å². The van der Waals surface area contributed by atoms with Gasteiger partial charge in [0.15, 0.2) is 0 Å². The third-order valence-electron chi connectivity index (χ3n) is 5.07. The fourth-order valence-corrected chi connectivity index (χ4v) is 4.33. The molecule has 0 spiro atoms. The van der Waals surface area contributed by atoms with Crippen molar-refractivity contribution in [1.82, 2.24) is 4.90 Å². The maximum atomic E-state index is 12.3. The number of amides is 2. The summed E-state index contributed by atoms with van der Waals surface area (Å²) in [5, 5.41) is 0. The van der Waals surface area contributed by atoms with Crippen LogP contribution in [0.4, 0.5) is 0 Å². The van der Waals surface area contributed by atoms with Crippen molar-refractivity contribution in [2.24, 2.45) is 35.5 Å². The van der Waals surface area contributed by atoms with Gasteiger partial charge >= 0.3 is 0 Å². The summed E-state index contributed by atoms with van der Waals surface area (Å²) >= 11 is 0. The first-order valence-corrected chi connectivity index (χ1v) is 6.38. The van der Waals surface area contributed by atoms with Gasteiger partial charge in [0.2, 0.25) is 11.8 Å². The normalized spacial score (nSPS) is 49.3. The molecular weight excluding hydrogens is 214 g/mol. The van der Waals surface area contributed by atoms with Crippen molar-refractivity contribution in [3.05, 3.63) is 24.8 Å². The van der Waals surface area contributed by atoms with E-state index in [2.05, 4.69) is 18.7 Å². The fraction of sp³-hybridized carbons (Fsp3) is 0.571. The zero-order valence-electron chi connectivity index (χ0n) is 9.58. The molecule has 1 aliphatic heterocycles. The minimum absolute atomic E-state index is 0.0459. The summed E-state index contributed by atoms with van der Waals surface area (Å²) in [5.41, 5.74) is 0. The molecular formula is C14H15NO2. The third-order valence-corrected chi connectivity index (χ3v) is 5.07. The van der Waals surface area contributed by atoms with Gasteiger partial charge in [-0.05, 0) is 30.1 Å². The SMILES string of the molecule is C=CCN1C(=O)C2C3C=CC(C4CC34)C2C1=O. The topological polar surface area (TPSA) is 37.4 Å². The van der Waals surface area contributed by atoms with Crippen LogP contribution < -0.4 is 0 Å². The molecule has 0 aromatic rings. The summed E-state index contributed by atoms with van der Waals surface area (Å²) in [6.45, 7) is 4.00. The van der Waals surface area contributed by atoms with Crippen molar-refractivity contribution in [2.45, 2.75) is 6.42 Å². The van der Waals surface area contributed by atoms with Crippen LogP contribution in [-0.2, 0) is 9.59 Å². The van der Waals surface area contributed by atoms with E-state index in [-0.39, 0.29) is 23.7 Å². The van der Waals surface area contributed by atoms with Crippen LogP contribution in [0.5, 0.6) is 0 Å². The molecule has 2 saturated carbocycles.